The van der Waals surface area contributed by atoms with Gasteiger partial charge < -0.3 is 5.32 Å². The lowest BCUT2D eigenvalue weighted by Crippen LogP contribution is -2.34. The third-order valence-electron chi connectivity index (χ3n) is 4.14. The van der Waals surface area contributed by atoms with E-state index >= 15 is 0 Å². The first kappa shape index (κ1) is 20.5. The van der Waals surface area contributed by atoms with Crippen molar-refractivity contribution in [1.29, 1.82) is 0 Å². The molecule has 0 aliphatic heterocycles. The molecule has 2 rings (SSSR count). The zero-order valence-corrected chi connectivity index (χ0v) is 17.2. The number of hydrogen-bond acceptors (Lipinski definition) is 4. The Kier molecular flexibility index (Phi) is 6.89. The highest BCUT2D eigenvalue weighted by atomic mass is 32.2. The van der Waals surface area contributed by atoms with E-state index in [2.05, 4.69) is 5.32 Å². The van der Waals surface area contributed by atoms with Gasteiger partial charge in [0.15, 0.2) is 9.84 Å². The van der Waals surface area contributed by atoms with Gasteiger partial charge in [-0.1, -0.05) is 36.8 Å². The predicted molar refractivity (Wildman–Crippen MR) is 107 cm³/mol. The summed E-state index contributed by atoms with van der Waals surface area (Å²) in [4.78, 5) is 13.9. The van der Waals surface area contributed by atoms with Crippen molar-refractivity contribution in [1.82, 2.24) is 5.32 Å². The van der Waals surface area contributed by atoms with Gasteiger partial charge in [-0.2, -0.15) is 0 Å². The van der Waals surface area contributed by atoms with E-state index in [9.17, 15) is 13.2 Å². The monoisotopic (exact) mass is 391 g/mol. The lowest BCUT2D eigenvalue weighted by atomic mass is 10.0. The smallest absolute Gasteiger partial charge is 0.233 e. The van der Waals surface area contributed by atoms with Gasteiger partial charge in [0.1, 0.15) is 0 Å². The maximum atomic E-state index is 12.6. The largest absolute Gasteiger partial charge is 0.348 e. The van der Waals surface area contributed by atoms with Crippen molar-refractivity contribution in [3.8, 4) is 0 Å². The summed E-state index contributed by atoms with van der Waals surface area (Å²) in [6, 6.07) is 14.7. The molecule has 6 heteroatoms. The minimum Gasteiger partial charge on any atom is -0.348 e. The van der Waals surface area contributed by atoms with E-state index in [1.165, 1.54) is 23.6 Å². The zero-order valence-electron chi connectivity index (χ0n) is 15.5. The van der Waals surface area contributed by atoms with Crippen molar-refractivity contribution >= 4 is 27.5 Å². The second-order valence-corrected chi connectivity index (χ2v) is 9.81. The number of nitrogens with one attached hydrogen (secondary N) is 1. The first-order chi connectivity index (χ1) is 12.2. The maximum Gasteiger partial charge on any atom is 0.233 e. The van der Waals surface area contributed by atoms with E-state index in [-0.39, 0.29) is 22.1 Å². The summed E-state index contributed by atoms with van der Waals surface area (Å²) >= 11 is 1.52. The first-order valence-electron chi connectivity index (χ1n) is 8.54. The van der Waals surface area contributed by atoms with Crippen LogP contribution in [-0.4, -0.2) is 25.8 Å². The van der Waals surface area contributed by atoms with Crippen molar-refractivity contribution in [3.63, 3.8) is 0 Å². The fourth-order valence-electron chi connectivity index (χ4n) is 2.53. The molecular weight excluding hydrogens is 366 g/mol. The van der Waals surface area contributed by atoms with E-state index < -0.39 is 9.84 Å². The topological polar surface area (TPSA) is 63.2 Å². The second-order valence-electron chi connectivity index (χ2n) is 6.38. The summed E-state index contributed by atoms with van der Waals surface area (Å²) in [5, 5.41) is 2.84. The van der Waals surface area contributed by atoms with Crippen molar-refractivity contribution in [2.45, 2.75) is 48.3 Å². The fourth-order valence-corrected chi connectivity index (χ4v) is 4.04. The summed E-state index contributed by atoms with van der Waals surface area (Å²) in [6.07, 6.45) is 1.91. The molecule has 2 atom stereocenters. The van der Waals surface area contributed by atoms with Crippen molar-refractivity contribution in [2.75, 3.05) is 6.26 Å². The molecular formula is C20H25NO3S2. The molecule has 0 saturated heterocycles. The molecule has 1 amide bonds. The van der Waals surface area contributed by atoms with Gasteiger partial charge >= 0.3 is 0 Å². The molecule has 2 aromatic rings. The minimum absolute atomic E-state index is 0.0328. The second kappa shape index (κ2) is 8.73. The Labute approximate surface area is 160 Å². The number of amides is 1. The van der Waals surface area contributed by atoms with Crippen molar-refractivity contribution < 1.29 is 13.2 Å². The number of carbonyl (C=O) groups excluding carboxylic acids is 1. The van der Waals surface area contributed by atoms with Gasteiger partial charge in [0.2, 0.25) is 5.91 Å². The van der Waals surface area contributed by atoms with Gasteiger partial charge in [-0.3, -0.25) is 4.79 Å². The van der Waals surface area contributed by atoms with Crippen LogP contribution in [-0.2, 0) is 14.6 Å². The predicted octanol–water partition coefficient (Wildman–Crippen LogP) is 4.15. The van der Waals surface area contributed by atoms with Gasteiger partial charge in [0.25, 0.3) is 0 Å². The van der Waals surface area contributed by atoms with Gasteiger partial charge in [0, 0.05) is 11.2 Å². The number of sulfone groups is 1. The Morgan fingerprint density at radius 1 is 1.08 bits per heavy atom. The molecule has 0 radical (unpaired) electrons. The van der Waals surface area contributed by atoms with Crippen LogP contribution in [0, 0.1) is 6.92 Å². The maximum absolute atomic E-state index is 12.6. The lowest BCUT2D eigenvalue weighted by Gasteiger charge is -2.20. The average Bonchev–Trinajstić information content (AvgIpc) is 2.60. The van der Waals surface area contributed by atoms with Gasteiger partial charge in [-0.15, -0.1) is 11.8 Å². The van der Waals surface area contributed by atoms with Crippen LogP contribution < -0.4 is 5.32 Å². The van der Waals surface area contributed by atoms with E-state index in [0.717, 1.165) is 16.9 Å². The Morgan fingerprint density at radius 3 is 2.15 bits per heavy atom. The van der Waals surface area contributed by atoms with Crippen LogP contribution in [0.2, 0.25) is 0 Å². The minimum atomic E-state index is -3.22. The third-order valence-corrected chi connectivity index (χ3v) is 6.38. The Hall–Kier alpha value is -1.79. The molecule has 0 fully saturated rings. The summed E-state index contributed by atoms with van der Waals surface area (Å²) in [5.74, 6) is -0.0328. The molecule has 0 aliphatic carbocycles. The van der Waals surface area contributed by atoms with Crippen LogP contribution in [0.25, 0.3) is 0 Å². The number of hydrogen-bond donors (Lipinski definition) is 1. The highest BCUT2D eigenvalue weighted by Gasteiger charge is 2.19. The summed E-state index contributed by atoms with van der Waals surface area (Å²) in [5.41, 5.74) is 2.09. The van der Waals surface area contributed by atoms with Crippen molar-refractivity contribution in [3.05, 3.63) is 59.7 Å². The Balaban J connectivity index is 2.04. The lowest BCUT2D eigenvalue weighted by molar-refractivity contribution is -0.121. The zero-order chi connectivity index (χ0) is 19.3. The first-order valence-corrected chi connectivity index (χ1v) is 11.3. The molecule has 0 aliphatic rings. The standard InChI is InChI=1S/C20H25NO3S2/c1-5-19(16-8-12-18(13-9-16)26(4,23)24)21-20(22)15(3)25-17-10-6-14(2)7-11-17/h6-13,15,19H,5H2,1-4H3,(H,21,22)/t15-,19-/m1/s1. The van der Waals surface area contributed by atoms with Crippen LogP contribution >= 0.6 is 11.8 Å². The Bertz CT molecular complexity index is 844. The summed E-state index contributed by atoms with van der Waals surface area (Å²) in [7, 11) is -3.22. The number of thioether (sulfide) groups is 1. The van der Waals surface area contributed by atoms with Gasteiger partial charge in [0.05, 0.1) is 16.2 Å². The Morgan fingerprint density at radius 2 is 1.65 bits per heavy atom. The molecule has 1 N–H and O–H groups in total. The molecule has 0 saturated carbocycles. The highest BCUT2D eigenvalue weighted by molar-refractivity contribution is 8.00. The third kappa shape index (κ3) is 5.61. The number of benzene rings is 2. The van der Waals surface area contributed by atoms with E-state index in [1.54, 1.807) is 24.3 Å². The molecule has 0 aromatic heterocycles. The van der Waals surface area contributed by atoms with Gasteiger partial charge in [-0.05, 0) is 50.1 Å². The normalized spacial score (nSPS) is 13.8. The quantitative estimate of drug-likeness (QED) is 0.720. The van der Waals surface area contributed by atoms with Crippen LogP contribution in [0.1, 0.15) is 37.4 Å². The van der Waals surface area contributed by atoms with Crippen LogP contribution in [0.4, 0.5) is 0 Å². The number of rotatable bonds is 7. The average molecular weight is 392 g/mol. The molecule has 0 spiro atoms. The van der Waals surface area contributed by atoms with Crippen LogP contribution in [0.3, 0.4) is 0 Å². The molecule has 140 valence electrons. The van der Waals surface area contributed by atoms with Gasteiger partial charge in [-0.25, -0.2) is 8.42 Å². The molecule has 2 aromatic carbocycles. The van der Waals surface area contributed by atoms with Crippen LogP contribution in [0.15, 0.2) is 58.3 Å². The fraction of sp³-hybridized carbons (Fsp3) is 0.350. The number of aryl methyl sites for hydroxylation is 1. The molecule has 26 heavy (non-hydrogen) atoms. The molecule has 0 heterocycles. The molecule has 4 nitrogen and oxygen atoms in total. The summed E-state index contributed by atoms with van der Waals surface area (Å²) in [6.45, 7) is 5.91. The SMILES string of the molecule is CC[C@@H](NC(=O)[C@@H](C)Sc1ccc(C)cc1)c1ccc(S(C)(=O)=O)cc1. The number of carbonyl (C=O) groups is 1. The van der Waals surface area contributed by atoms with Crippen LogP contribution in [0.5, 0.6) is 0 Å². The highest BCUT2D eigenvalue weighted by Crippen LogP contribution is 2.25. The summed E-state index contributed by atoms with van der Waals surface area (Å²) < 4.78 is 23.1. The molecule has 0 unspecified atom stereocenters. The van der Waals surface area contributed by atoms with E-state index in [4.69, 9.17) is 0 Å². The van der Waals surface area contributed by atoms with E-state index in [0.29, 0.717) is 0 Å². The van der Waals surface area contributed by atoms with E-state index in [1.807, 2.05) is 45.0 Å². The van der Waals surface area contributed by atoms with Crippen molar-refractivity contribution in [2.24, 2.45) is 0 Å². The molecule has 0 bridgehead atoms.